The highest BCUT2D eigenvalue weighted by Gasteiger charge is 2.40. The van der Waals surface area contributed by atoms with E-state index < -0.39 is 5.60 Å². The minimum atomic E-state index is -0.433. The van der Waals surface area contributed by atoms with Gasteiger partial charge in [0.1, 0.15) is 11.6 Å². The average Bonchev–Trinajstić information content (AvgIpc) is 2.40. The lowest BCUT2D eigenvalue weighted by molar-refractivity contribution is -0.156. The van der Waals surface area contributed by atoms with Crippen LogP contribution in [0.5, 0.6) is 0 Å². The molecule has 1 rings (SSSR count). The van der Waals surface area contributed by atoms with Crippen LogP contribution in [-0.4, -0.2) is 28.4 Å². The molecule has 1 aliphatic rings. The average molecular weight is 257 g/mol. The number of carbonyl (C=O) groups is 1. The Morgan fingerprint density at radius 3 is 2.59 bits per heavy atom. The molecule has 0 aromatic heterocycles. The molecule has 98 valence electrons. The minimum absolute atomic E-state index is 0.00223. The number of nitrogens with zero attached hydrogens (tertiary/aromatic N) is 1. The standard InChI is InChI=1S/C13H23NO2S/c1-7-17-11-13(5,6)8-9(14-11)10(15)16-12(2,3)4/h9H,7-8H2,1-6H3. The van der Waals surface area contributed by atoms with Gasteiger partial charge >= 0.3 is 5.97 Å². The van der Waals surface area contributed by atoms with Gasteiger partial charge < -0.3 is 4.74 Å². The van der Waals surface area contributed by atoms with Crippen LogP contribution in [0.25, 0.3) is 0 Å². The van der Waals surface area contributed by atoms with Gasteiger partial charge in [-0.05, 0) is 32.9 Å². The van der Waals surface area contributed by atoms with Crippen molar-refractivity contribution in [3.63, 3.8) is 0 Å². The predicted octanol–water partition coefficient (Wildman–Crippen LogP) is 3.28. The Bertz CT molecular complexity index is 329. The summed E-state index contributed by atoms with van der Waals surface area (Å²) in [5.41, 5.74) is -0.431. The molecule has 0 saturated heterocycles. The zero-order valence-electron chi connectivity index (χ0n) is 11.7. The second kappa shape index (κ2) is 5.01. The number of rotatable bonds is 2. The summed E-state index contributed by atoms with van der Waals surface area (Å²) in [7, 11) is 0. The topological polar surface area (TPSA) is 38.7 Å². The number of thioether (sulfide) groups is 1. The van der Waals surface area contributed by atoms with Crippen molar-refractivity contribution >= 4 is 22.8 Å². The third kappa shape index (κ3) is 4.02. The zero-order chi connectivity index (χ0) is 13.3. The summed E-state index contributed by atoms with van der Waals surface area (Å²) in [6.45, 7) is 12.0. The molecule has 0 aliphatic carbocycles. The third-order valence-electron chi connectivity index (χ3n) is 2.52. The Hall–Kier alpha value is -0.510. The van der Waals surface area contributed by atoms with E-state index in [1.54, 1.807) is 11.8 Å². The Kier molecular flexibility index (Phi) is 4.28. The first-order chi connectivity index (χ1) is 7.65. The lowest BCUT2D eigenvalue weighted by atomic mass is 9.90. The highest BCUT2D eigenvalue weighted by molar-refractivity contribution is 8.14. The number of carbonyl (C=O) groups excluding carboxylic acids is 1. The maximum atomic E-state index is 12.0. The first kappa shape index (κ1) is 14.6. The molecular weight excluding hydrogens is 234 g/mol. The fourth-order valence-electron chi connectivity index (χ4n) is 1.81. The molecule has 0 aromatic rings. The first-order valence-electron chi connectivity index (χ1n) is 6.09. The van der Waals surface area contributed by atoms with Crippen molar-refractivity contribution in [2.45, 2.75) is 59.6 Å². The molecule has 0 saturated carbocycles. The summed E-state index contributed by atoms with van der Waals surface area (Å²) < 4.78 is 5.39. The molecule has 17 heavy (non-hydrogen) atoms. The summed E-state index contributed by atoms with van der Waals surface area (Å²) in [5, 5.41) is 1.08. The van der Waals surface area contributed by atoms with E-state index in [0.29, 0.717) is 0 Å². The van der Waals surface area contributed by atoms with Gasteiger partial charge in [-0.15, -0.1) is 11.8 Å². The van der Waals surface area contributed by atoms with Crippen LogP contribution in [0.15, 0.2) is 4.99 Å². The number of hydrogen-bond acceptors (Lipinski definition) is 4. The van der Waals surface area contributed by atoms with Crippen LogP contribution in [0.2, 0.25) is 0 Å². The van der Waals surface area contributed by atoms with Crippen LogP contribution in [0.4, 0.5) is 0 Å². The Morgan fingerprint density at radius 2 is 2.12 bits per heavy atom. The zero-order valence-corrected chi connectivity index (χ0v) is 12.5. The van der Waals surface area contributed by atoms with Crippen LogP contribution >= 0.6 is 11.8 Å². The van der Waals surface area contributed by atoms with Gasteiger partial charge in [0.25, 0.3) is 0 Å². The van der Waals surface area contributed by atoms with Gasteiger partial charge in [0.15, 0.2) is 0 Å². The van der Waals surface area contributed by atoms with E-state index in [9.17, 15) is 4.79 Å². The second-order valence-electron chi connectivity index (χ2n) is 6.00. The number of hydrogen-bond donors (Lipinski definition) is 0. The minimum Gasteiger partial charge on any atom is -0.458 e. The van der Waals surface area contributed by atoms with Gasteiger partial charge in [-0.3, -0.25) is 4.99 Å². The van der Waals surface area contributed by atoms with E-state index in [2.05, 4.69) is 25.8 Å². The van der Waals surface area contributed by atoms with Crippen LogP contribution < -0.4 is 0 Å². The highest BCUT2D eigenvalue weighted by Crippen LogP contribution is 2.38. The summed E-state index contributed by atoms with van der Waals surface area (Å²) in [4.78, 5) is 16.5. The van der Waals surface area contributed by atoms with E-state index in [-0.39, 0.29) is 17.4 Å². The summed E-state index contributed by atoms with van der Waals surface area (Å²) in [5.74, 6) is 0.792. The molecular formula is C13H23NO2S. The van der Waals surface area contributed by atoms with Crippen molar-refractivity contribution < 1.29 is 9.53 Å². The monoisotopic (exact) mass is 257 g/mol. The van der Waals surface area contributed by atoms with E-state index in [1.807, 2.05) is 20.8 Å². The van der Waals surface area contributed by atoms with Gasteiger partial charge in [-0.25, -0.2) is 4.79 Å². The number of esters is 1. The van der Waals surface area contributed by atoms with Crippen LogP contribution in [0, 0.1) is 5.41 Å². The summed E-state index contributed by atoms with van der Waals surface area (Å²) in [6.07, 6.45) is 0.754. The van der Waals surface area contributed by atoms with Crippen LogP contribution in [-0.2, 0) is 9.53 Å². The SMILES string of the molecule is CCSC1=NC(C(=O)OC(C)(C)C)CC1(C)C. The Balaban J connectivity index is 2.73. The normalized spacial score (nSPS) is 23.4. The summed E-state index contributed by atoms with van der Waals surface area (Å²) >= 11 is 1.73. The fraction of sp³-hybridized carbons (Fsp3) is 0.846. The maximum Gasteiger partial charge on any atom is 0.331 e. The fourth-order valence-corrected chi connectivity index (χ4v) is 2.76. The molecule has 0 spiro atoms. The molecule has 1 atom stereocenters. The van der Waals surface area contributed by atoms with Gasteiger partial charge in [0.05, 0.1) is 5.04 Å². The quantitative estimate of drug-likeness (QED) is 0.713. The number of aliphatic imine (C=N–C) groups is 1. The third-order valence-corrected chi connectivity index (χ3v) is 3.74. The molecule has 1 heterocycles. The molecule has 0 radical (unpaired) electrons. The molecule has 3 nitrogen and oxygen atoms in total. The molecule has 0 amide bonds. The van der Waals surface area contributed by atoms with E-state index in [1.165, 1.54) is 0 Å². The van der Waals surface area contributed by atoms with Gasteiger partial charge in [-0.2, -0.15) is 0 Å². The molecule has 0 aromatic carbocycles. The van der Waals surface area contributed by atoms with Crippen molar-refractivity contribution in [1.82, 2.24) is 0 Å². The smallest absolute Gasteiger partial charge is 0.331 e. The van der Waals surface area contributed by atoms with Crippen molar-refractivity contribution in [1.29, 1.82) is 0 Å². The second-order valence-corrected chi connectivity index (χ2v) is 7.26. The lowest BCUT2D eigenvalue weighted by Crippen LogP contribution is -2.31. The number of ether oxygens (including phenoxy) is 1. The molecule has 1 unspecified atom stereocenters. The van der Waals surface area contributed by atoms with Crippen LogP contribution in [0.3, 0.4) is 0 Å². The lowest BCUT2D eigenvalue weighted by Gasteiger charge is -2.22. The molecule has 4 heteroatoms. The van der Waals surface area contributed by atoms with Crippen molar-refractivity contribution in [3.05, 3.63) is 0 Å². The first-order valence-corrected chi connectivity index (χ1v) is 7.08. The van der Waals surface area contributed by atoms with E-state index in [0.717, 1.165) is 17.2 Å². The van der Waals surface area contributed by atoms with Gasteiger partial charge in [-0.1, -0.05) is 20.8 Å². The highest BCUT2D eigenvalue weighted by atomic mass is 32.2. The predicted molar refractivity (Wildman–Crippen MR) is 73.6 cm³/mol. The van der Waals surface area contributed by atoms with Crippen LogP contribution in [0.1, 0.15) is 48.0 Å². The summed E-state index contributed by atoms with van der Waals surface area (Å²) in [6, 6.07) is -0.321. The van der Waals surface area contributed by atoms with Crippen molar-refractivity contribution in [2.24, 2.45) is 10.4 Å². The molecule has 0 bridgehead atoms. The largest absolute Gasteiger partial charge is 0.458 e. The maximum absolute atomic E-state index is 12.0. The Labute approximate surface area is 108 Å². The Morgan fingerprint density at radius 1 is 1.53 bits per heavy atom. The molecule has 0 fully saturated rings. The van der Waals surface area contributed by atoms with Crippen molar-refractivity contribution in [2.75, 3.05) is 5.75 Å². The van der Waals surface area contributed by atoms with E-state index in [4.69, 9.17) is 4.74 Å². The van der Waals surface area contributed by atoms with Gasteiger partial charge in [0.2, 0.25) is 0 Å². The molecule has 1 aliphatic heterocycles. The van der Waals surface area contributed by atoms with E-state index >= 15 is 0 Å². The molecule has 0 N–H and O–H groups in total. The van der Waals surface area contributed by atoms with Gasteiger partial charge in [0, 0.05) is 5.41 Å². The van der Waals surface area contributed by atoms with Crippen molar-refractivity contribution in [3.8, 4) is 0 Å².